The molecule has 0 aliphatic heterocycles. The van der Waals surface area contributed by atoms with Crippen molar-refractivity contribution in [2.75, 3.05) is 6.54 Å². The molecule has 0 N–H and O–H groups in total. The largest absolute Gasteiger partial charge is 0.312 e. The molecule has 3 nitrogen and oxygen atoms in total. The average molecular weight is 299 g/mol. The molecule has 1 rings (SSSR count). The fourth-order valence-corrected chi connectivity index (χ4v) is 1.87. The predicted molar refractivity (Wildman–Crippen MR) is 72.1 cm³/mol. The Hall–Kier alpha value is -2.11. The van der Waals surface area contributed by atoms with Gasteiger partial charge in [-0.15, -0.1) is 0 Å². The van der Waals surface area contributed by atoms with E-state index in [9.17, 15) is 22.8 Å². The summed E-state index contributed by atoms with van der Waals surface area (Å²) in [6, 6.07) is 0.855. The number of ketones is 1. The van der Waals surface area contributed by atoms with E-state index in [1.165, 1.54) is 19.9 Å². The molecule has 0 saturated carbocycles. The summed E-state index contributed by atoms with van der Waals surface area (Å²) in [5, 5.41) is 0. The number of rotatable bonds is 5. The van der Waals surface area contributed by atoms with Crippen LogP contribution in [0.2, 0.25) is 0 Å². The Balaban J connectivity index is 3.24. The fourth-order valence-electron chi connectivity index (χ4n) is 1.87. The van der Waals surface area contributed by atoms with Gasteiger partial charge in [0.05, 0.1) is 5.56 Å². The molecular weight excluding hydrogens is 283 g/mol. The molecule has 0 aliphatic carbocycles. The van der Waals surface area contributed by atoms with E-state index >= 15 is 0 Å². The summed E-state index contributed by atoms with van der Waals surface area (Å²) in [5.74, 6) is -4.89. The highest BCUT2D eigenvalue weighted by Gasteiger charge is 2.22. The van der Waals surface area contributed by atoms with Gasteiger partial charge >= 0.3 is 0 Å². The third-order valence-electron chi connectivity index (χ3n) is 2.77. The number of benzene rings is 1. The van der Waals surface area contributed by atoms with Gasteiger partial charge in [0.1, 0.15) is 5.82 Å². The number of hydrogen-bond acceptors (Lipinski definition) is 2. The third kappa shape index (κ3) is 4.18. The first-order valence-corrected chi connectivity index (χ1v) is 6.43. The van der Waals surface area contributed by atoms with E-state index in [0.29, 0.717) is 24.3 Å². The van der Waals surface area contributed by atoms with Crippen LogP contribution in [0.25, 0.3) is 0 Å². The molecule has 0 heterocycles. The van der Waals surface area contributed by atoms with Crippen LogP contribution in [0.5, 0.6) is 0 Å². The predicted octanol–water partition coefficient (Wildman–Crippen LogP) is 3.45. The Bertz CT molecular complexity index is 597. The topological polar surface area (TPSA) is 37.4 Å². The van der Waals surface area contributed by atoms with E-state index in [1.54, 1.807) is 6.92 Å². The standard InChI is InChI=1S/C15H16F3NO2/c1-4-5-19(9(2)6-10(3)20)15(21)11-7-13(17)14(18)8-12(11)16/h6-8H,4-5H2,1-3H3/b9-6+. The lowest BCUT2D eigenvalue weighted by Crippen LogP contribution is -2.31. The lowest BCUT2D eigenvalue weighted by atomic mass is 10.1. The molecule has 0 radical (unpaired) electrons. The number of halogens is 3. The maximum atomic E-state index is 13.7. The molecule has 0 fully saturated rings. The summed E-state index contributed by atoms with van der Waals surface area (Å²) in [6.07, 6.45) is 1.78. The molecule has 6 heteroatoms. The Morgan fingerprint density at radius 2 is 1.67 bits per heavy atom. The molecule has 0 unspecified atom stereocenters. The fraction of sp³-hybridized carbons (Fsp3) is 0.333. The van der Waals surface area contributed by atoms with Crippen LogP contribution < -0.4 is 0 Å². The Morgan fingerprint density at radius 1 is 1.10 bits per heavy atom. The molecule has 0 spiro atoms. The zero-order valence-electron chi connectivity index (χ0n) is 12.0. The summed E-state index contributed by atoms with van der Waals surface area (Å²) in [6.45, 7) is 4.86. The number of carbonyl (C=O) groups excluding carboxylic acids is 2. The molecule has 114 valence electrons. The lowest BCUT2D eigenvalue weighted by molar-refractivity contribution is -0.112. The van der Waals surface area contributed by atoms with Crippen molar-refractivity contribution in [1.82, 2.24) is 4.90 Å². The highest BCUT2D eigenvalue weighted by molar-refractivity contribution is 5.96. The van der Waals surface area contributed by atoms with Crippen molar-refractivity contribution in [3.8, 4) is 0 Å². The zero-order chi connectivity index (χ0) is 16.2. The minimum atomic E-state index is -1.36. The van der Waals surface area contributed by atoms with Gasteiger partial charge in [0.15, 0.2) is 17.4 Å². The lowest BCUT2D eigenvalue weighted by Gasteiger charge is -2.23. The SMILES string of the molecule is CCCN(C(=O)c1cc(F)c(F)cc1F)/C(C)=C/C(C)=O. The smallest absolute Gasteiger partial charge is 0.261 e. The van der Waals surface area contributed by atoms with E-state index in [4.69, 9.17) is 0 Å². The minimum Gasteiger partial charge on any atom is -0.312 e. The third-order valence-corrected chi connectivity index (χ3v) is 2.77. The Kier molecular flexibility index (Phi) is 5.69. The molecule has 0 saturated heterocycles. The average Bonchev–Trinajstić information content (AvgIpc) is 2.38. The minimum absolute atomic E-state index is 0.229. The molecule has 1 amide bonds. The van der Waals surface area contributed by atoms with Crippen LogP contribution in [-0.2, 0) is 4.79 Å². The van der Waals surface area contributed by atoms with Crippen LogP contribution in [0.15, 0.2) is 23.9 Å². The first kappa shape index (κ1) is 16.9. The maximum Gasteiger partial charge on any atom is 0.261 e. The zero-order valence-corrected chi connectivity index (χ0v) is 12.0. The van der Waals surface area contributed by atoms with Gasteiger partial charge in [-0.25, -0.2) is 13.2 Å². The summed E-state index contributed by atoms with van der Waals surface area (Å²) < 4.78 is 39.8. The van der Waals surface area contributed by atoms with Crippen LogP contribution in [-0.4, -0.2) is 23.1 Å². The van der Waals surface area contributed by atoms with Gasteiger partial charge in [-0.2, -0.15) is 0 Å². The maximum absolute atomic E-state index is 13.7. The monoisotopic (exact) mass is 299 g/mol. The second-order valence-corrected chi connectivity index (χ2v) is 4.60. The molecule has 0 aromatic heterocycles. The highest BCUT2D eigenvalue weighted by atomic mass is 19.2. The number of nitrogens with zero attached hydrogens (tertiary/aromatic N) is 1. The van der Waals surface area contributed by atoms with Crippen molar-refractivity contribution >= 4 is 11.7 Å². The van der Waals surface area contributed by atoms with Gasteiger partial charge < -0.3 is 4.90 Å². The van der Waals surface area contributed by atoms with Crippen LogP contribution in [0, 0.1) is 17.5 Å². The van der Waals surface area contributed by atoms with Crippen molar-refractivity contribution in [1.29, 1.82) is 0 Å². The first-order chi connectivity index (χ1) is 9.77. The van der Waals surface area contributed by atoms with Gasteiger partial charge in [-0.05, 0) is 26.3 Å². The summed E-state index contributed by atoms with van der Waals surface area (Å²) >= 11 is 0. The Labute approximate surface area is 121 Å². The Morgan fingerprint density at radius 3 is 2.19 bits per heavy atom. The van der Waals surface area contributed by atoms with Crippen molar-refractivity contribution < 1.29 is 22.8 Å². The summed E-state index contributed by atoms with van der Waals surface area (Å²) in [4.78, 5) is 24.5. The van der Waals surface area contributed by atoms with Gasteiger partial charge in [-0.1, -0.05) is 6.92 Å². The van der Waals surface area contributed by atoms with E-state index in [-0.39, 0.29) is 12.3 Å². The van der Waals surface area contributed by atoms with Crippen LogP contribution >= 0.6 is 0 Å². The van der Waals surface area contributed by atoms with E-state index < -0.39 is 28.9 Å². The molecule has 0 bridgehead atoms. The number of amides is 1. The van der Waals surface area contributed by atoms with Gasteiger partial charge in [0.25, 0.3) is 5.91 Å². The van der Waals surface area contributed by atoms with Crippen LogP contribution in [0.4, 0.5) is 13.2 Å². The molecule has 0 aliphatic rings. The second kappa shape index (κ2) is 7.06. The van der Waals surface area contributed by atoms with Gasteiger partial charge in [-0.3, -0.25) is 9.59 Å². The van der Waals surface area contributed by atoms with Crippen molar-refractivity contribution in [3.63, 3.8) is 0 Å². The molecule has 1 aromatic rings. The van der Waals surface area contributed by atoms with Crippen molar-refractivity contribution in [3.05, 3.63) is 46.9 Å². The molecule has 1 aromatic carbocycles. The van der Waals surface area contributed by atoms with Crippen LogP contribution in [0.1, 0.15) is 37.6 Å². The molecule has 21 heavy (non-hydrogen) atoms. The van der Waals surface area contributed by atoms with Gasteiger partial charge in [0, 0.05) is 24.4 Å². The second-order valence-electron chi connectivity index (χ2n) is 4.60. The van der Waals surface area contributed by atoms with Crippen LogP contribution in [0.3, 0.4) is 0 Å². The quantitative estimate of drug-likeness (QED) is 0.617. The number of hydrogen-bond donors (Lipinski definition) is 0. The normalized spacial score (nSPS) is 11.4. The van der Waals surface area contributed by atoms with Crippen molar-refractivity contribution in [2.24, 2.45) is 0 Å². The van der Waals surface area contributed by atoms with Gasteiger partial charge in [0.2, 0.25) is 0 Å². The first-order valence-electron chi connectivity index (χ1n) is 6.43. The van der Waals surface area contributed by atoms with Crippen molar-refractivity contribution in [2.45, 2.75) is 27.2 Å². The molecular formula is C15H16F3NO2. The number of carbonyl (C=O) groups is 2. The summed E-state index contributed by atoms with van der Waals surface area (Å²) in [7, 11) is 0. The summed E-state index contributed by atoms with van der Waals surface area (Å²) in [5.41, 5.74) is -0.253. The van der Waals surface area contributed by atoms with E-state index in [2.05, 4.69) is 0 Å². The molecule has 0 atom stereocenters. The highest BCUT2D eigenvalue weighted by Crippen LogP contribution is 2.18. The number of allylic oxidation sites excluding steroid dienone is 2. The van der Waals surface area contributed by atoms with E-state index in [1.807, 2.05) is 0 Å². The van der Waals surface area contributed by atoms with E-state index in [0.717, 1.165) is 4.90 Å².